The van der Waals surface area contributed by atoms with Crippen molar-refractivity contribution in [3.8, 4) is 0 Å². The second-order valence-electron chi connectivity index (χ2n) is 7.55. The molecule has 3 rings (SSSR count). The molecule has 19 heavy (non-hydrogen) atoms. The molecule has 1 aromatic carbocycles. The Hall–Kier alpha value is -1.08. The lowest BCUT2D eigenvalue weighted by atomic mass is 9.68. The van der Waals surface area contributed by atoms with E-state index in [1.165, 1.54) is 0 Å². The maximum absolute atomic E-state index is 2.56. The van der Waals surface area contributed by atoms with Crippen molar-refractivity contribution >= 4 is 13.3 Å². The zero-order valence-corrected chi connectivity index (χ0v) is 13.7. The first kappa shape index (κ1) is 12.9. The van der Waals surface area contributed by atoms with Gasteiger partial charge in [-0.15, -0.1) is 0 Å². The Labute approximate surface area is 118 Å². The molecule has 0 saturated carbocycles. The molecule has 2 unspecified atom stereocenters. The summed E-state index contributed by atoms with van der Waals surface area (Å²) in [5, 5.41) is 1.96. The van der Waals surface area contributed by atoms with Crippen LogP contribution in [0.4, 0.5) is 0 Å². The Morgan fingerprint density at radius 1 is 1.05 bits per heavy atom. The molecule has 2 aliphatic rings. The fraction of sp³-hybridized carbons (Fsp3) is 0.444. The molecule has 0 amide bonds. The second kappa shape index (κ2) is 3.73. The summed E-state index contributed by atoms with van der Waals surface area (Å²) in [7, 11) is -1.55. The standard InChI is InChI=1S/C18H24Si/c1-17(2,3)18-13-9-8-11-15(18)14-10-6-7-12-16(14)19(18,4)5/h6-13,15H,1-5H3. The summed E-state index contributed by atoms with van der Waals surface area (Å²) in [6.45, 7) is 12.4. The van der Waals surface area contributed by atoms with Crippen LogP contribution in [0.1, 0.15) is 32.3 Å². The van der Waals surface area contributed by atoms with Gasteiger partial charge < -0.3 is 0 Å². The average molecular weight is 268 g/mol. The smallest absolute Gasteiger partial charge is 0.0792 e. The van der Waals surface area contributed by atoms with E-state index < -0.39 is 8.07 Å². The molecule has 1 aliphatic heterocycles. The number of fused-ring (bicyclic) bond motifs is 3. The van der Waals surface area contributed by atoms with Gasteiger partial charge in [-0.1, -0.05) is 87.6 Å². The minimum absolute atomic E-state index is 0.285. The van der Waals surface area contributed by atoms with Gasteiger partial charge in [0.1, 0.15) is 0 Å². The van der Waals surface area contributed by atoms with Gasteiger partial charge in [0.2, 0.25) is 0 Å². The average Bonchev–Trinajstić information content (AvgIpc) is 2.57. The fourth-order valence-corrected chi connectivity index (χ4v) is 10.1. The normalized spacial score (nSPS) is 31.1. The third kappa shape index (κ3) is 1.40. The highest BCUT2D eigenvalue weighted by Gasteiger charge is 2.62. The summed E-state index contributed by atoms with van der Waals surface area (Å²) in [5.41, 5.74) is 1.86. The van der Waals surface area contributed by atoms with Gasteiger partial charge in [-0.2, -0.15) is 0 Å². The van der Waals surface area contributed by atoms with E-state index in [0.29, 0.717) is 11.0 Å². The van der Waals surface area contributed by atoms with E-state index in [0.717, 1.165) is 0 Å². The third-order valence-electron chi connectivity index (χ3n) is 5.51. The van der Waals surface area contributed by atoms with E-state index in [1.54, 1.807) is 10.8 Å². The van der Waals surface area contributed by atoms with Crippen molar-refractivity contribution < 1.29 is 0 Å². The molecule has 1 aliphatic carbocycles. The lowest BCUT2D eigenvalue weighted by molar-refractivity contribution is 0.284. The lowest BCUT2D eigenvalue weighted by Crippen LogP contribution is -2.54. The molecule has 0 nitrogen and oxygen atoms in total. The SMILES string of the molecule is CC(C)(C)C12C=CC=CC1c1ccccc1[Si]2(C)C. The summed E-state index contributed by atoms with van der Waals surface area (Å²) in [6, 6.07) is 9.16. The molecule has 0 radical (unpaired) electrons. The van der Waals surface area contributed by atoms with Crippen molar-refractivity contribution in [2.75, 3.05) is 0 Å². The maximum atomic E-state index is 2.56. The molecule has 1 aromatic rings. The van der Waals surface area contributed by atoms with E-state index in [2.05, 4.69) is 82.4 Å². The molecule has 1 heterocycles. The summed E-state index contributed by atoms with van der Waals surface area (Å²) in [6.07, 6.45) is 9.49. The zero-order valence-electron chi connectivity index (χ0n) is 12.7. The van der Waals surface area contributed by atoms with E-state index in [1.807, 2.05) is 0 Å². The van der Waals surface area contributed by atoms with Gasteiger partial charge in [0.25, 0.3) is 0 Å². The van der Waals surface area contributed by atoms with Gasteiger partial charge in [-0.3, -0.25) is 0 Å². The van der Waals surface area contributed by atoms with Gasteiger partial charge in [0.05, 0.1) is 8.07 Å². The quantitative estimate of drug-likeness (QED) is 0.603. The van der Waals surface area contributed by atoms with Gasteiger partial charge in [0, 0.05) is 11.0 Å². The molecule has 2 atom stereocenters. The van der Waals surface area contributed by atoms with Crippen LogP contribution in [0.5, 0.6) is 0 Å². The molecule has 1 heteroatoms. The maximum Gasteiger partial charge on any atom is 0.0925 e. The summed E-state index contributed by atoms with van der Waals surface area (Å²) in [5.74, 6) is 0.565. The zero-order chi connectivity index (χ0) is 13.9. The predicted molar refractivity (Wildman–Crippen MR) is 86.7 cm³/mol. The monoisotopic (exact) mass is 268 g/mol. The van der Waals surface area contributed by atoms with Crippen LogP contribution >= 0.6 is 0 Å². The minimum Gasteiger partial charge on any atom is -0.0792 e. The van der Waals surface area contributed by atoms with Crippen LogP contribution < -0.4 is 5.19 Å². The van der Waals surface area contributed by atoms with Crippen molar-refractivity contribution in [2.24, 2.45) is 5.41 Å². The Kier molecular flexibility index (Phi) is 2.53. The van der Waals surface area contributed by atoms with Crippen LogP contribution in [-0.2, 0) is 0 Å². The molecule has 100 valence electrons. The summed E-state index contributed by atoms with van der Waals surface area (Å²) in [4.78, 5) is 0. The number of hydrogen-bond donors (Lipinski definition) is 0. The van der Waals surface area contributed by atoms with Gasteiger partial charge in [-0.25, -0.2) is 0 Å². The molecule has 0 fully saturated rings. The number of hydrogen-bond acceptors (Lipinski definition) is 0. The number of benzene rings is 1. The van der Waals surface area contributed by atoms with Crippen LogP contribution in [0, 0.1) is 5.41 Å². The Bertz CT molecular complexity index is 572. The van der Waals surface area contributed by atoms with Gasteiger partial charge >= 0.3 is 0 Å². The third-order valence-corrected chi connectivity index (χ3v) is 10.6. The second-order valence-corrected chi connectivity index (χ2v) is 12.2. The van der Waals surface area contributed by atoms with E-state index in [-0.39, 0.29) is 5.41 Å². The lowest BCUT2D eigenvalue weighted by Gasteiger charge is -2.52. The molecule has 0 saturated heterocycles. The summed E-state index contributed by atoms with van der Waals surface area (Å²) >= 11 is 0. The first-order valence-corrected chi connectivity index (χ1v) is 10.3. The van der Waals surface area contributed by atoms with Crippen LogP contribution in [0.2, 0.25) is 18.1 Å². The molecule has 0 spiro atoms. The van der Waals surface area contributed by atoms with Crippen LogP contribution in [0.25, 0.3) is 0 Å². The Balaban J connectivity index is 2.35. The van der Waals surface area contributed by atoms with Crippen LogP contribution in [0.3, 0.4) is 0 Å². The largest absolute Gasteiger partial charge is 0.0925 e. The van der Waals surface area contributed by atoms with Crippen molar-refractivity contribution in [1.29, 1.82) is 0 Å². The van der Waals surface area contributed by atoms with Crippen LogP contribution in [0.15, 0.2) is 48.6 Å². The highest BCUT2D eigenvalue weighted by atomic mass is 28.3. The summed E-state index contributed by atoms with van der Waals surface area (Å²) < 4.78 is 0. The molecule has 0 aromatic heterocycles. The Morgan fingerprint density at radius 3 is 2.42 bits per heavy atom. The van der Waals surface area contributed by atoms with Gasteiger partial charge in [0.15, 0.2) is 0 Å². The van der Waals surface area contributed by atoms with Crippen molar-refractivity contribution in [3.63, 3.8) is 0 Å². The molecule has 0 bridgehead atoms. The topological polar surface area (TPSA) is 0 Å². The van der Waals surface area contributed by atoms with E-state index >= 15 is 0 Å². The number of rotatable bonds is 0. The molecular weight excluding hydrogens is 244 g/mol. The van der Waals surface area contributed by atoms with Crippen LogP contribution in [-0.4, -0.2) is 8.07 Å². The van der Waals surface area contributed by atoms with E-state index in [4.69, 9.17) is 0 Å². The predicted octanol–water partition coefficient (Wildman–Crippen LogP) is 4.61. The fourth-order valence-electron chi connectivity index (χ4n) is 4.80. The Morgan fingerprint density at radius 2 is 1.74 bits per heavy atom. The van der Waals surface area contributed by atoms with Gasteiger partial charge in [-0.05, 0) is 11.0 Å². The van der Waals surface area contributed by atoms with E-state index in [9.17, 15) is 0 Å². The minimum atomic E-state index is -1.55. The van der Waals surface area contributed by atoms with Crippen molar-refractivity contribution in [1.82, 2.24) is 0 Å². The van der Waals surface area contributed by atoms with Crippen molar-refractivity contribution in [3.05, 3.63) is 54.1 Å². The highest BCUT2D eigenvalue weighted by Crippen LogP contribution is 2.66. The molecular formula is C18H24Si. The number of allylic oxidation sites excluding steroid dienone is 4. The molecule has 0 N–H and O–H groups in total. The first-order chi connectivity index (χ1) is 8.82. The highest BCUT2D eigenvalue weighted by molar-refractivity contribution is 6.94. The first-order valence-electron chi connectivity index (χ1n) is 7.28. The van der Waals surface area contributed by atoms with Crippen molar-refractivity contribution in [2.45, 2.75) is 44.8 Å².